The molecule has 1 aromatic carbocycles. The number of hydrogen-bond donors (Lipinski definition) is 1. The highest BCUT2D eigenvalue weighted by Gasteiger charge is 2.40. The number of carbonyl (C=O) groups excluding carboxylic acids is 1. The average molecular weight is 275 g/mol. The molecule has 3 heteroatoms. The Morgan fingerprint density at radius 3 is 2.68 bits per heavy atom. The van der Waals surface area contributed by atoms with E-state index in [2.05, 4.69) is 17.4 Å². The van der Waals surface area contributed by atoms with Gasteiger partial charge in [0.2, 0.25) is 5.91 Å². The molecule has 2 bridgehead atoms. The summed E-state index contributed by atoms with van der Waals surface area (Å²) >= 11 is 1.64. The number of rotatable bonds is 4. The summed E-state index contributed by atoms with van der Waals surface area (Å²) in [5, 5.41) is 3.26. The fourth-order valence-electron chi connectivity index (χ4n) is 3.48. The van der Waals surface area contributed by atoms with Gasteiger partial charge in [0.15, 0.2) is 0 Å². The monoisotopic (exact) mass is 275 g/mol. The largest absolute Gasteiger partial charge is 0.352 e. The first-order chi connectivity index (χ1) is 9.22. The molecule has 1 N–H and O–H groups in total. The van der Waals surface area contributed by atoms with Gasteiger partial charge >= 0.3 is 0 Å². The normalized spacial score (nSPS) is 30.3. The Morgan fingerprint density at radius 1 is 1.26 bits per heavy atom. The molecule has 0 aromatic heterocycles. The van der Waals surface area contributed by atoms with E-state index in [1.807, 2.05) is 25.1 Å². The molecule has 2 fully saturated rings. The van der Waals surface area contributed by atoms with Gasteiger partial charge in [-0.15, -0.1) is 11.8 Å². The quantitative estimate of drug-likeness (QED) is 0.852. The number of amides is 1. The van der Waals surface area contributed by atoms with Crippen molar-refractivity contribution in [1.29, 1.82) is 0 Å². The number of hydrogen-bond acceptors (Lipinski definition) is 2. The molecule has 1 amide bonds. The minimum absolute atomic E-state index is 0.0125. The highest BCUT2D eigenvalue weighted by Crippen LogP contribution is 2.44. The highest BCUT2D eigenvalue weighted by molar-refractivity contribution is 8.00. The van der Waals surface area contributed by atoms with E-state index in [-0.39, 0.29) is 11.2 Å². The summed E-state index contributed by atoms with van der Waals surface area (Å²) < 4.78 is 0. The van der Waals surface area contributed by atoms with Gasteiger partial charge in [-0.1, -0.05) is 24.6 Å². The lowest BCUT2D eigenvalue weighted by Gasteiger charge is -2.24. The minimum atomic E-state index is -0.0125. The van der Waals surface area contributed by atoms with E-state index in [9.17, 15) is 4.79 Å². The number of carbonyl (C=O) groups is 1. The van der Waals surface area contributed by atoms with Crippen LogP contribution in [0.5, 0.6) is 0 Å². The molecule has 3 rings (SSSR count). The Hall–Kier alpha value is -0.960. The van der Waals surface area contributed by atoms with E-state index < -0.39 is 0 Å². The second-order valence-corrected chi connectivity index (χ2v) is 7.28. The van der Waals surface area contributed by atoms with Crippen LogP contribution >= 0.6 is 11.8 Å². The molecule has 0 unspecified atom stereocenters. The van der Waals surface area contributed by atoms with Crippen molar-refractivity contribution in [2.24, 2.45) is 11.8 Å². The molecule has 2 saturated carbocycles. The van der Waals surface area contributed by atoms with Crippen LogP contribution in [-0.2, 0) is 4.79 Å². The lowest BCUT2D eigenvalue weighted by molar-refractivity contribution is -0.121. The number of thioether (sulfide) groups is 1. The summed E-state index contributed by atoms with van der Waals surface area (Å²) in [5.41, 5.74) is 0. The summed E-state index contributed by atoms with van der Waals surface area (Å²) in [7, 11) is 0. The Morgan fingerprint density at radius 2 is 2.05 bits per heavy atom. The van der Waals surface area contributed by atoms with Crippen molar-refractivity contribution in [3.05, 3.63) is 30.3 Å². The van der Waals surface area contributed by atoms with Crippen molar-refractivity contribution in [1.82, 2.24) is 5.32 Å². The first-order valence-electron chi connectivity index (χ1n) is 7.24. The maximum Gasteiger partial charge on any atom is 0.233 e. The van der Waals surface area contributed by atoms with Crippen LogP contribution in [0.4, 0.5) is 0 Å². The predicted octanol–water partition coefficient (Wildman–Crippen LogP) is 3.47. The van der Waals surface area contributed by atoms with Crippen LogP contribution in [0, 0.1) is 11.8 Å². The van der Waals surface area contributed by atoms with E-state index in [0.29, 0.717) is 6.04 Å². The Balaban J connectivity index is 1.53. The maximum absolute atomic E-state index is 12.2. The fraction of sp³-hybridized carbons (Fsp3) is 0.562. The van der Waals surface area contributed by atoms with Gasteiger partial charge in [-0.25, -0.2) is 0 Å². The zero-order chi connectivity index (χ0) is 13.2. The van der Waals surface area contributed by atoms with Crippen LogP contribution in [-0.4, -0.2) is 17.2 Å². The van der Waals surface area contributed by atoms with Gasteiger partial charge < -0.3 is 5.32 Å². The molecule has 2 aliphatic carbocycles. The third-order valence-electron chi connectivity index (χ3n) is 4.49. The van der Waals surface area contributed by atoms with Crippen molar-refractivity contribution >= 4 is 17.7 Å². The van der Waals surface area contributed by atoms with Gasteiger partial charge in [0.1, 0.15) is 0 Å². The van der Waals surface area contributed by atoms with Gasteiger partial charge in [0.05, 0.1) is 5.25 Å². The Bertz CT molecular complexity index is 447. The highest BCUT2D eigenvalue weighted by atomic mass is 32.2. The fourth-order valence-corrected chi connectivity index (χ4v) is 4.38. The number of benzene rings is 1. The molecule has 2 aliphatic rings. The molecular weight excluding hydrogens is 254 g/mol. The van der Waals surface area contributed by atoms with Crippen LogP contribution < -0.4 is 5.32 Å². The zero-order valence-corrected chi connectivity index (χ0v) is 12.2. The van der Waals surface area contributed by atoms with Crippen molar-refractivity contribution in [2.75, 3.05) is 0 Å². The van der Waals surface area contributed by atoms with Crippen LogP contribution in [0.15, 0.2) is 35.2 Å². The summed E-state index contributed by atoms with van der Waals surface area (Å²) in [5.74, 6) is 1.83. The van der Waals surface area contributed by atoms with Gasteiger partial charge in [-0.2, -0.15) is 0 Å². The molecule has 4 atom stereocenters. The molecule has 0 saturated heterocycles. The molecule has 1 aromatic rings. The third-order valence-corrected chi connectivity index (χ3v) is 5.60. The number of fused-ring (bicyclic) bond motifs is 2. The van der Waals surface area contributed by atoms with E-state index in [4.69, 9.17) is 0 Å². The van der Waals surface area contributed by atoms with Crippen LogP contribution in [0.1, 0.15) is 32.6 Å². The zero-order valence-electron chi connectivity index (χ0n) is 11.3. The SMILES string of the molecule is C[C@H](Sc1ccccc1)C(=O)N[C@@H]1C[C@@H]2CC[C@@H]1C2. The van der Waals surface area contributed by atoms with Crippen molar-refractivity contribution < 1.29 is 4.79 Å². The summed E-state index contributed by atoms with van der Waals surface area (Å²) in [6.07, 6.45) is 5.24. The molecule has 102 valence electrons. The van der Waals surface area contributed by atoms with E-state index in [0.717, 1.165) is 16.7 Å². The van der Waals surface area contributed by atoms with Crippen LogP contribution in [0.2, 0.25) is 0 Å². The molecule has 0 heterocycles. The molecule has 19 heavy (non-hydrogen) atoms. The van der Waals surface area contributed by atoms with Gasteiger partial charge in [0, 0.05) is 10.9 Å². The lowest BCUT2D eigenvalue weighted by Crippen LogP contribution is -2.42. The molecule has 0 radical (unpaired) electrons. The smallest absolute Gasteiger partial charge is 0.233 e. The Labute approximate surface area is 119 Å². The van der Waals surface area contributed by atoms with E-state index in [1.54, 1.807) is 11.8 Å². The second kappa shape index (κ2) is 5.58. The average Bonchev–Trinajstić information content (AvgIpc) is 3.02. The third kappa shape index (κ3) is 2.97. The summed E-state index contributed by atoms with van der Waals surface area (Å²) in [4.78, 5) is 13.4. The van der Waals surface area contributed by atoms with E-state index in [1.165, 1.54) is 25.7 Å². The summed E-state index contributed by atoms with van der Waals surface area (Å²) in [6, 6.07) is 10.6. The van der Waals surface area contributed by atoms with Gasteiger partial charge in [-0.05, 0) is 50.2 Å². The second-order valence-electron chi connectivity index (χ2n) is 5.86. The van der Waals surface area contributed by atoms with E-state index >= 15 is 0 Å². The van der Waals surface area contributed by atoms with Crippen molar-refractivity contribution in [3.63, 3.8) is 0 Å². The van der Waals surface area contributed by atoms with Crippen molar-refractivity contribution in [3.8, 4) is 0 Å². The predicted molar refractivity (Wildman–Crippen MR) is 79.1 cm³/mol. The first kappa shape index (κ1) is 13.0. The Kier molecular flexibility index (Phi) is 3.83. The maximum atomic E-state index is 12.2. The summed E-state index contributed by atoms with van der Waals surface area (Å²) in [6.45, 7) is 2.00. The van der Waals surface area contributed by atoms with Gasteiger partial charge in [-0.3, -0.25) is 4.79 Å². The first-order valence-corrected chi connectivity index (χ1v) is 8.12. The standard InChI is InChI=1S/C16H21NOS/c1-11(19-14-5-3-2-4-6-14)16(18)17-15-10-12-7-8-13(15)9-12/h2-6,11-13,15H,7-10H2,1H3,(H,17,18)/t11-,12+,13+,15+/m0/s1. The van der Waals surface area contributed by atoms with Crippen molar-refractivity contribution in [2.45, 2.75) is 48.8 Å². The lowest BCUT2D eigenvalue weighted by atomic mass is 9.95. The van der Waals surface area contributed by atoms with Gasteiger partial charge in [0.25, 0.3) is 0 Å². The molecule has 2 nitrogen and oxygen atoms in total. The van der Waals surface area contributed by atoms with Crippen LogP contribution in [0.25, 0.3) is 0 Å². The number of nitrogens with one attached hydrogen (secondary N) is 1. The topological polar surface area (TPSA) is 29.1 Å². The molecule has 0 aliphatic heterocycles. The molecule has 0 spiro atoms. The minimum Gasteiger partial charge on any atom is -0.352 e. The van der Waals surface area contributed by atoms with Crippen LogP contribution in [0.3, 0.4) is 0 Å². The molecular formula is C16H21NOS.